The Bertz CT molecular complexity index is 1040. The summed E-state index contributed by atoms with van der Waals surface area (Å²) in [6, 6.07) is 8.32. The number of hydrogen-bond donors (Lipinski definition) is 3. The van der Waals surface area contributed by atoms with Crippen molar-refractivity contribution in [2.75, 3.05) is 0 Å². The molecule has 0 aromatic carbocycles. The summed E-state index contributed by atoms with van der Waals surface area (Å²) in [7, 11) is 0. The highest BCUT2D eigenvalue weighted by Gasteiger charge is 2.10. The lowest BCUT2D eigenvalue weighted by molar-refractivity contribution is -0.137. The Kier molecular flexibility index (Phi) is 10.9. The van der Waals surface area contributed by atoms with Gasteiger partial charge in [0.15, 0.2) is 11.5 Å². The maximum atomic E-state index is 11.1. The molecule has 3 N–H and O–H groups in total. The van der Waals surface area contributed by atoms with Crippen LogP contribution in [0, 0.1) is 6.92 Å². The topological polar surface area (TPSA) is 155 Å². The monoisotopic (exact) mass is 462 g/mol. The van der Waals surface area contributed by atoms with Gasteiger partial charge in [0.2, 0.25) is 0 Å². The Morgan fingerprint density at radius 2 is 1.69 bits per heavy atom. The number of rotatable bonds is 7. The van der Waals surface area contributed by atoms with Gasteiger partial charge in [0, 0.05) is 16.9 Å². The number of hydrogen-bond acceptors (Lipinski definition) is 7. The fourth-order valence-corrected chi connectivity index (χ4v) is 2.75. The number of carbonyl (C=O) groups excluding carboxylic acids is 1. The zero-order chi connectivity index (χ0) is 24.1. The molecule has 3 aromatic heterocycles. The SMILES string of the molecule is CC(=Cc1cccs1)C(=O)O.Cc1occc1C(=O)O.O=C(O)CCC(=O)c1ccco1. The standard InChI is InChI=1S/C8H8O4.C8H8O2S.C6H6O3/c9-6(3-4-8(10)11)7-2-1-5-12-7;1-6(8(9)10)5-7-3-2-4-11-7;1-4-5(6(7)8)2-3-9-4/h1-2,5H,3-4H2,(H,10,11);2-5H,1H3,(H,9,10);2-3H,1H3,(H,7,8). The first-order chi connectivity index (χ1) is 15.1. The molecule has 0 aliphatic carbocycles. The Morgan fingerprint density at radius 1 is 0.969 bits per heavy atom. The van der Waals surface area contributed by atoms with E-state index in [1.54, 1.807) is 26.0 Å². The molecule has 0 fully saturated rings. The third kappa shape index (κ3) is 9.72. The van der Waals surface area contributed by atoms with Crippen LogP contribution in [0.15, 0.2) is 62.6 Å². The molecule has 0 amide bonds. The summed E-state index contributed by atoms with van der Waals surface area (Å²) in [4.78, 5) is 42.7. The molecular formula is C22H22O9S. The number of aromatic carboxylic acids is 1. The molecule has 0 aliphatic heterocycles. The van der Waals surface area contributed by atoms with Crippen LogP contribution in [0.2, 0.25) is 0 Å². The van der Waals surface area contributed by atoms with Crippen molar-refractivity contribution in [1.29, 1.82) is 0 Å². The Balaban J connectivity index is 0.000000242. The number of thiophene rings is 1. The van der Waals surface area contributed by atoms with Crippen LogP contribution >= 0.6 is 11.3 Å². The van der Waals surface area contributed by atoms with Crippen molar-refractivity contribution in [3.05, 3.63) is 75.8 Å². The van der Waals surface area contributed by atoms with Crippen LogP contribution < -0.4 is 0 Å². The molecule has 0 aliphatic rings. The minimum Gasteiger partial charge on any atom is -0.481 e. The summed E-state index contributed by atoms with van der Waals surface area (Å²) in [5.74, 6) is -2.39. The second-order valence-electron chi connectivity index (χ2n) is 6.14. The molecule has 0 radical (unpaired) electrons. The first-order valence-corrected chi connectivity index (χ1v) is 10.0. The quantitative estimate of drug-likeness (QED) is 0.330. The van der Waals surface area contributed by atoms with Gasteiger partial charge in [-0.05, 0) is 49.6 Å². The van der Waals surface area contributed by atoms with Crippen molar-refractivity contribution in [2.24, 2.45) is 0 Å². The number of aryl methyl sites for hydroxylation is 1. The van der Waals surface area contributed by atoms with E-state index in [0.717, 1.165) is 4.88 Å². The molecule has 9 nitrogen and oxygen atoms in total. The van der Waals surface area contributed by atoms with E-state index >= 15 is 0 Å². The molecular weight excluding hydrogens is 440 g/mol. The van der Waals surface area contributed by atoms with Crippen molar-refractivity contribution >= 4 is 41.1 Å². The summed E-state index contributed by atoms with van der Waals surface area (Å²) in [6.07, 6.45) is 4.24. The van der Waals surface area contributed by atoms with E-state index < -0.39 is 17.9 Å². The Labute approximate surface area is 187 Å². The summed E-state index contributed by atoms with van der Waals surface area (Å²) in [6.45, 7) is 3.20. The van der Waals surface area contributed by atoms with Crippen LogP contribution in [0.5, 0.6) is 0 Å². The van der Waals surface area contributed by atoms with E-state index in [2.05, 4.69) is 0 Å². The molecule has 3 aromatic rings. The zero-order valence-electron chi connectivity index (χ0n) is 17.3. The molecule has 3 heterocycles. The Morgan fingerprint density at radius 3 is 2.09 bits per heavy atom. The molecule has 0 unspecified atom stereocenters. The predicted octanol–water partition coefficient (Wildman–Crippen LogP) is 4.85. The van der Waals surface area contributed by atoms with Gasteiger partial charge in [-0.3, -0.25) is 9.59 Å². The molecule has 0 bridgehead atoms. The average molecular weight is 462 g/mol. The molecule has 170 valence electrons. The van der Waals surface area contributed by atoms with E-state index in [1.165, 1.54) is 36.0 Å². The highest BCUT2D eigenvalue weighted by atomic mass is 32.1. The third-order valence-corrected chi connectivity index (χ3v) is 4.51. The van der Waals surface area contributed by atoms with Gasteiger partial charge in [0.05, 0.1) is 18.9 Å². The molecule has 32 heavy (non-hydrogen) atoms. The van der Waals surface area contributed by atoms with Gasteiger partial charge in [-0.1, -0.05) is 6.07 Å². The number of Topliss-reactive ketones (excluding diaryl/α,β-unsaturated/α-hetero) is 1. The second-order valence-corrected chi connectivity index (χ2v) is 7.12. The molecule has 0 saturated carbocycles. The summed E-state index contributed by atoms with van der Waals surface area (Å²) >= 11 is 1.53. The van der Waals surface area contributed by atoms with Gasteiger partial charge in [-0.15, -0.1) is 11.3 Å². The van der Waals surface area contributed by atoms with Gasteiger partial charge in [0.25, 0.3) is 0 Å². The largest absolute Gasteiger partial charge is 0.481 e. The molecule has 10 heteroatoms. The van der Waals surface area contributed by atoms with E-state index in [9.17, 15) is 19.2 Å². The maximum Gasteiger partial charge on any atom is 0.339 e. The maximum absolute atomic E-state index is 11.1. The van der Waals surface area contributed by atoms with E-state index in [-0.39, 0.29) is 29.9 Å². The van der Waals surface area contributed by atoms with Crippen LogP contribution in [-0.4, -0.2) is 39.0 Å². The zero-order valence-corrected chi connectivity index (χ0v) is 18.1. The lowest BCUT2D eigenvalue weighted by Crippen LogP contribution is -2.02. The van der Waals surface area contributed by atoms with E-state index in [0.29, 0.717) is 11.3 Å². The normalized spacial score (nSPS) is 10.2. The molecule has 0 saturated heterocycles. The van der Waals surface area contributed by atoms with Crippen molar-refractivity contribution < 1.29 is 43.3 Å². The van der Waals surface area contributed by atoms with Gasteiger partial charge in [0.1, 0.15) is 11.3 Å². The summed E-state index contributed by atoms with van der Waals surface area (Å²) in [5, 5.41) is 27.1. The number of carbonyl (C=O) groups is 4. The number of carboxylic acids is 3. The van der Waals surface area contributed by atoms with Crippen LogP contribution in [0.4, 0.5) is 0 Å². The summed E-state index contributed by atoms with van der Waals surface area (Å²) in [5.41, 5.74) is 0.599. The minimum absolute atomic E-state index is 0.0111. The van der Waals surface area contributed by atoms with Crippen LogP contribution in [-0.2, 0) is 9.59 Å². The Hall–Kier alpha value is -3.92. The van der Waals surface area contributed by atoms with Gasteiger partial charge in [-0.2, -0.15) is 0 Å². The number of carboxylic acid groups (broad SMARTS) is 3. The predicted molar refractivity (Wildman–Crippen MR) is 116 cm³/mol. The van der Waals surface area contributed by atoms with E-state index in [1.807, 2.05) is 17.5 Å². The van der Waals surface area contributed by atoms with Gasteiger partial charge >= 0.3 is 17.9 Å². The summed E-state index contributed by atoms with van der Waals surface area (Å²) < 4.78 is 9.53. The van der Waals surface area contributed by atoms with Crippen LogP contribution in [0.3, 0.4) is 0 Å². The van der Waals surface area contributed by atoms with Crippen LogP contribution in [0.1, 0.15) is 51.3 Å². The van der Waals surface area contributed by atoms with Crippen molar-refractivity contribution in [3.8, 4) is 0 Å². The van der Waals surface area contributed by atoms with E-state index in [4.69, 9.17) is 24.2 Å². The molecule has 3 rings (SSSR count). The van der Waals surface area contributed by atoms with Crippen molar-refractivity contribution in [1.82, 2.24) is 0 Å². The first kappa shape index (κ1) is 26.1. The minimum atomic E-state index is -0.977. The van der Waals surface area contributed by atoms with Crippen LogP contribution in [0.25, 0.3) is 6.08 Å². The van der Waals surface area contributed by atoms with Gasteiger partial charge < -0.3 is 24.2 Å². The average Bonchev–Trinajstić information content (AvgIpc) is 3.49. The lowest BCUT2D eigenvalue weighted by atomic mass is 10.2. The molecule has 0 spiro atoms. The third-order valence-electron chi connectivity index (χ3n) is 3.69. The second kappa shape index (κ2) is 13.4. The first-order valence-electron chi connectivity index (χ1n) is 9.12. The number of furan rings is 2. The highest BCUT2D eigenvalue weighted by molar-refractivity contribution is 7.10. The number of aliphatic carboxylic acids is 2. The number of ketones is 1. The fraction of sp³-hybridized carbons (Fsp3) is 0.182. The lowest BCUT2D eigenvalue weighted by Gasteiger charge is -1.92. The highest BCUT2D eigenvalue weighted by Crippen LogP contribution is 2.13. The van der Waals surface area contributed by atoms with Crippen molar-refractivity contribution in [3.63, 3.8) is 0 Å². The fourth-order valence-electron chi connectivity index (χ4n) is 2.04. The smallest absolute Gasteiger partial charge is 0.339 e. The van der Waals surface area contributed by atoms with Crippen molar-refractivity contribution in [2.45, 2.75) is 26.7 Å². The molecule has 0 atom stereocenters. The van der Waals surface area contributed by atoms with Gasteiger partial charge in [-0.25, -0.2) is 9.59 Å².